The van der Waals surface area contributed by atoms with Crippen LogP contribution in [-0.2, 0) is 26.0 Å². The van der Waals surface area contributed by atoms with Crippen molar-refractivity contribution in [2.24, 2.45) is 0 Å². The molecule has 0 radical (unpaired) electrons. The lowest BCUT2D eigenvalue weighted by Gasteiger charge is -2.19. The van der Waals surface area contributed by atoms with Crippen molar-refractivity contribution in [1.29, 1.82) is 0 Å². The second-order valence-electron chi connectivity index (χ2n) is 7.62. The minimum absolute atomic E-state index is 0.0422. The van der Waals surface area contributed by atoms with Crippen LogP contribution in [0.4, 0.5) is 10.1 Å². The summed E-state index contributed by atoms with van der Waals surface area (Å²) < 4.78 is 47.8. The summed E-state index contributed by atoms with van der Waals surface area (Å²) in [6.07, 6.45) is 0.0422. The van der Waals surface area contributed by atoms with Crippen LogP contribution in [0.1, 0.15) is 11.1 Å². The van der Waals surface area contributed by atoms with Gasteiger partial charge in [0, 0.05) is 5.56 Å². The SMILES string of the molecule is COC(=O)Cc1cc2ccc(F)cc2c(-c2ccccc2NS(=O)(=O)c2ccccc2)c1C. The van der Waals surface area contributed by atoms with E-state index in [2.05, 4.69) is 4.72 Å². The minimum Gasteiger partial charge on any atom is -0.469 e. The first-order valence-electron chi connectivity index (χ1n) is 10.3. The highest BCUT2D eigenvalue weighted by Crippen LogP contribution is 2.39. The Labute approximate surface area is 191 Å². The molecule has 0 fully saturated rings. The quantitative estimate of drug-likeness (QED) is 0.385. The molecule has 33 heavy (non-hydrogen) atoms. The van der Waals surface area contributed by atoms with Crippen molar-refractivity contribution in [1.82, 2.24) is 0 Å². The number of anilines is 1. The van der Waals surface area contributed by atoms with Gasteiger partial charge in [-0.25, -0.2) is 12.8 Å². The van der Waals surface area contributed by atoms with E-state index in [4.69, 9.17) is 4.74 Å². The molecule has 0 aromatic heterocycles. The van der Waals surface area contributed by atoms with Crippen LogP contribution in [0.5, 0.6) is 0 Å². The van der Waals surface area contributed by atoms with Crippen LogP contribution in [0, 0.1) is 12.7 Å². The maximum Gasteiger partial charge on any atom is 0.309 e. The number of fused-ring (bicyclic) bond motifs is 1. The monoisotopic (exact) mass is 463 g/mol. The summed E-state index contributed by atoms with van der Waals surface area (Å²) in [4.78, 5) is 12.1. The smallest absolute Gasteiger partial charge is 0.309 e. The first-order valence-corrected chi connectivity index (χ1v) is 11.7. The summed E-state index contributed by atoms with van der Waals surface area (Å²) >= 11 is 0. The maximum absolute atomic E-state index is 14.2. The number of carbonyl (C=O) groups excluding carboxylic acids is 1. The molecule has 0 aliphatic heterocycles. The van der Waals surface area contributed by atoms with Gasteiger partial charge in [0.15, 0.2) is 0 Å². The molecule has 0 heterocycles. The van der Waals surface area contributed by atoms with E-state index in [0.29, 0.717) is 22.2 Å². The predicted octanol–water partition coefficient (Wildman–Crippen LogP) is 5.47. The number of rotatable bonds is 6. The summed E-state index contributed by atoms with van der Waals surface area (Å²) in [6, 6.07) is 21.3. The molecule has 1 N–H and O–H groups in total. The molecule has 0 amide bonds. The van der Waals surface area contributed by atoms with Crippen molar-refractivity contribution in [3.63, 3.8) is 0 Å². The molecule has 7 heteroatoms. The van der Waals surface area contributed by atoms with Crippen LogP contribution in [0.25, 0.3) is 21.9 Å². The van der Waals surface area contributed by atoms with Crippen molar-refractivity contribution >= 4 is 32.5 Å². The van der Waals surface area contributed by atoms with E-state index >= 15 is 0 Å². The van der Waals surface area contributed by atoms with Gasteiger partial charge >= 0.3 is 5.97 Å². The number of halogens is 1. The molecule has 0 spiro atoms. The standard InChI is InChI=1S/C26H22FNO4S/c1-17-19(15-25(29)32-2)14-18-12-13-20(27)16-23(18)26(17)22-10-6-7-11-24(22)28-33(30,31)21-8-4-3-5-9-21/h3-14,16,28H,15H2,1-2H3. The van der Waals surface area contributed by atoms with Gasteiger partial charge in [0.2, 0.25) is 0 Å². The molecule has 0 unspecified atom stereocenters. The van der Waals surface area contributed by atoms with Gasteiger partial charge in [0.05, 0.1) is 24.1 Å². The van der Waals surface area contributed by atoms with Crippen molar-refractivity contribution in [2.75, 3.05) is 11.8 Å². The number of carbonyl (C=O) groups is 1. The molecule has 4 rings (SSSR count). The van der Waals surface area contributed by atoms with Gasteiger partial charge < -0.3 is 4.74 Å². The fourth-order valence-electron chi connectivity index (χ4n) is 3.88. The second-order valence-corrected chi connectivity index (χ2v) is 9.30. The van der Waals surface area contributed by atoms with Gasteiger partial charge in [0.25, 0.3) is 10.0 Å². The van der Waals surface area contributed by atoms with Crippen molar-refractivity contribution in [3.05, 3.63) is 95.8 Å². The Kier molecular flexibility index (Phi) is 6.16. The number of hydrogen-bond donors (Lipinski definition) is 1. The Morgan fingerprint density at radius 3 is 2.39 bits per heavy atom. The van der Waals surface area contributed by atoms with Crippen molar-refractivity contribution in [2.45, 2.75) is 18.2 Å². The molecule has 4 aromatic carbocycles. The third-order valence-corrected chi connectivity index (χ3v) is 6.91. The fourth-order valence-corrected chi connectivity index (χ4v) is 4.98. The molecule has 0 bridgehead atoms. The highest BCUT2D eigenvalue weighted by Gasteiger charge is 2.20. The third-order valence-electron chi connectivity index (χ3n) is 5.53. The Morgan fingerprint density at radius 2 is 1.67 bits per heavy atom. The Hall–Kier alpha value is -3.71. The van der Waals surface area contributed by atoms with Gasteiger partial charge in [-0.1, -0.05) is 48.5 Å². The summed E-state index contributed by atoms with van der Waals surface area (Å²) in [5.74, 6) is -0.810. The number of para-hydroxylation sites is 1. The first kappa shape index (κ1) is 22.5. The molecular formula is C26H22FNO4S. The maximum atomic E-state index is 14.2. The zero-order chi connectivity index (χ0) is 23.6. The van der Waals surface area contributed by atoms with E-state index < -0.39 is 21.8 Å². The fraction of sp³-hybridized carbons (Fsp3) is 0.115. The third kappa shape index (κ3) is 4.59. The zero-order valence-corrected chi connectivity index (χ0v) is 18.9. The van der Waals surface area contributed by atoms with E-state index in [9.17, 15) is 17.6 Å². The number of ether oxygens (including phenoxy) is 1. The lowest BCUT2D eigenvalue weighted by molar-refractivity contribution is -0.139. The Morgan fingerprint density at radius 1 is 0.970 bits per heavy atom. The van der Waals surface area contributed by atoms with Crippen LogP contribution in [0.3, 0.4) is 0 Å². The van der Waals surface area contributed by atoms with Crippen LogP contribution in [0.2, 0.25) is 0 Å². The van der Waals surface area contributed by atoms with Gasteiger partial charge in [-0.15, -0.1) is 0 Å². The second kappa shape index (κ2) is 9.03. The van der Waals surface area contributed by atoms with Crippen molar-refractivity contribution < 1.29 is 22.3 Å². The van der Waals surface area contributed by atoms with E-state index in [1.165, 1.54) is 31.4 Å². The van der Waals surface area contributed by atoms with Gasteiger partial charge in [0.1, 0.15) is 5.82 Å². The molecule has 4 aromatic rings. The summed E-state index contributed by atoms with van der Waals surface area (Å²) in [6.45, 7) is 1.83. The molecule has 0 saturated heterocycles. The van der Waals surface area contributed by atoms with E-state index in [0.717, 1.165) is 16.5 Å². The highest BCUT2D eigenvalue weighted by atomic mass is 32.2. The zero-order valence-electron chi connectivity index (χ0n) is 18.1. The molecular weight excluding hydrogens is 441 g/mol. The molecule has 5 nitrogen and oxygen atoms in total. The molecule has 0 saturated carbocycles. The number of nitrogens with one attached hydrogen (secondary N) is 1. The van der Waals surface area contributed by atoms with Gasteiger partial charge in [-0.3, -0.25) is 9.52 Å². The van der Waals surface area contributed by atoms with Crippen LogP contribution in [-0.4, -0.2) is 21.5 Å². The predicted molar refractivity (Wildman–Crippen MR) is 127 cm³/mol. The first-order chi connectivity index (χ1) is 15.8. The molecule has 0 atom stereocenters. The van der Waals surface area contributed by atoms with E-state index in [1.54, 1.807) is 48.5 Å². The van der Waals surface area contributed by atoms with Crippen LogP contribution in [0.15, 0.2) is 83.8 Å². The molecule has 0 aliphatic carbocycles. The van der Waals surface area contributed by atoms with E-state index in [-0.39, 0.29) is 11.3 Å². The lowest BCUT2D eigenvalue weighted by Crippen LogP contribution is -2.13. The Balaban J connectivity index is 1.93. The van der Waals surface area contributed by atoms with E-state index in [1.807, 2.05) is 13.0 Å². The van der Waals surface area contributed by atoms with Crippen LogP contribution < -0.4 is 4.72 Å². The average molecular weight is 464 g/mol. The van der Waals surface area contributed by atoms with Gasteiger partial charge in [-0.05, 0) is 64.7 Å². The summed E-state index contributed by atoms with van der Waals surface area (Å²) in [5.41, 5.74) is 3.04. The number of hydrogen-bond acceptors (Lipinski definition) is 4. The summed E-state index contributed by atoms with van der Waals surface area (Å²) in [5, 5.41) is 1.35. The average Bonchev–Trinajstić information content (AvgIpc) is 2.81. The normalized spacial score (nSPS) is 11.4. The number of methoxy groups -OCH3 is 1. The molecule has 0 aliphatic rings. The molecule has 168 valence electrons. The highest BCUT2D eigenvalue weighted by molar-refractivity contribution is 7.92. The van der Waals surface area contributed by atoms with Gasteiger partial charge in [-0.2, -0.15) is 0 Å². The largest absolute Gasteiger partial charge is 0.469 e. The number of sulfonamides is 1. The topological polar surface area (TPSA) is 72.5 Å². The van der Waals surface area contributed by atoms with Crippen molar-refractivity contribution in [3.8, 4) is 11.1 Å². The lowest BCUT2D eigenvalue weighted by atomic mass is 9.88. The number of esters is 1. The number of benzene rings is 4. The summed E-state index contributed by atoms with van der Waals surface area (Å²) in [7, 11) is -2.53. The Bertz CT molecular complexity index is 1450. The van der Waals surface area contributed by atoms with Crippen LogP contribution >= 0.6 is 0 Å². The minimum atomic E-state index is -3.85.